The van der Waals surface area contributed by atoms with Crippen LogP contribution in [0.25, 0.3) is 5.57 Å². The average molecular weight is 543 g/mol. The minimum absolute atomic E-state index is 0.180. The first-order chi connectivity index (χ1) is 19.2. The number of ether oxygens (including phenoxy) is 1. The van der Waals surface area contributed by atoms with E-state index in [1.807, 2.05) is 12.1 Å². The van der Waals surface area contributed by atoms with Gasteiger partial charge in [-0.05, 0) is 134 Å². The molecule has 1 aromatic carbocycles. The Morgan fingerprint density at radius 2 is 1.82 bits per heavy atom. The first-order valence-electron chi connectivity index (χ1n) is 15.5. The summed E-state index contributed by atoms with van der Waals surface area (Å²) >= 11 is 0. The highest BCUT2D eigenvalue weighted by Gasteiger charge is 2.35. The van der Waals surface area contributed by atoms with Gasteiger partial charge in [0.1, 0.15) is 23.8 Å². The van der Waals surface area contributed by atoms with E-state index in [1.165, 1.54) is 39.0 Å². The van der Waals surface area contributed by atoms with Crippen LogP contribution in [0.2, 0.25) is 0 Å². The van der Waals surface area contributed by atoms with Crippen molar-refractivity contribution < 1.29 is 14.2 Å². The molecule has 0 aromatic heterocycles. The first kappa shape index (κ1) is 28.7. The molecule has 1 heterocycles. The van der Waals surface area contributed by atoms with Crippen molar-refractivity contribution in [2.24, 2.45) is 11.8 Å². The number of fused-ring (bicyclic) bond motifs is 1. The van der Waals surface area contributed by atoms with Crippen LogP contribution in [-0.2, 0) is 11.2 Å². The predicted molar refractivity (Wildman–Crippen MR) is 165 cm³/mol. The van der Waals surface area contributed by atoms with Gasteiger partial charge in [0.25, 0.3) is 0 Å². The van der Waals surface area contributed by atoms with Gasteiger partial charge in [0.2, 0.25) is 0 Å². The van der Waals surface area contributed by atoms with Gasteiger partial charge in [-0.25, -0.2) is 4.39 Å². The lowest BCUT2D eigenvalue weighted by molar-refractivity contribution is 0.0818. The normalized spacial score (nSPS) is 25.4. The summed E-state index contributed by atoms with van der Waals surface area (Å²) in [6.07, 6.45) is 18.3. The fourth-order valence-electron chi connectivity index (χ4n) is 7.12. The molecule has 1 N–H and O–H groups in total. The summed E-state index contributed by atoms with van der Waals surface area (Å²) in [6.45, 7) is 11.5. The van der Waals surface area contributed by atoms with Gasteiger partial charge in [0.05, 0.1) is 0 Å². The molecule has 2 nitrogen and oxygen atoms in total. The third kappa shape index (κ3) is 6.09. The van der Waals surface area contributed by atoms with E-state index in [1.54, 1.807) is 0 Å². The molecule has 2 unspecified atom stereocenters. The van der Waals surface area contributed by atoms with Crippen molar-refractivity contribution in [1.82, 2.24) is 0 Å². The Labute approximate surface area is 241 Å². The summed E-state index contributed by atoms with van der Waals surface area (Å²) in [5.41, 5.74) is 9.88. The zero-order chi connectivity index (χ0) is 28.4. The van der Waals surface area contributed by atoms with Gasteiger partial charge in [-0.15, -0.1) is 0 Å². The zero-order valence-corrected chi connectivity index (χ0v) is 25.2. The van der Waals surface area contributed by atoms with E-state index in [2.05, 4.69) is 65.0 Å². The van der Waals surface area contributed by atoms with Gasteiger partial charge >= 0.3 is 0 Å². The minimum Gasteiger partial charge on any atom is -0.508 e. The van der Waals surface area contributed by atoms with Crippen molar-refractivity contribution >= 4 is 5.57 Å². The fraction of sp³-hybridized carbons (Fsp3) is 0.514. The van der Waals surface area contributed by atoms with Crippen molar-refractivity contribution in [3.63, 3.8) is 0 Å². The standard InChI is InChI=1S/C37H47FO2/c1-6-29-20-31(13-15-35(29)39)34-19-28(22-37(38)16-8-7-9-17-37)11-12-30-21-32(18-24(2)10-14-33(30)34)36-26(4)25(3)23-40-27(36)5/h13-15,18-21,24,28,39H,6-12,16-17,22-23H2,1-5H3. The predicted octanol–water partition coefficient (Wildman–Crippen LogP) is 10.3. The summed E-state index contributed by atoms with van der Waals surface area (Å²) in [4.78, 5) is 0. The van der Waals surface area contributed by atoms with Crippen LogP contribution in [0.15, 0.2) is 81.7 Å². The number of hydrogen-bond donors (Lipinski definition) is 1. The molecule has 1 fully saturated rings. The van der Waals surface area contributed by atoms with E-state index in [9.17, 15) is 5.11 Å². The molecule has 5 rings (SSSR count). The van der Waals surface area contributed by atoms with Crippen molar-refractivity contribution in [2.75, 3.05) is 6.61 Å². The van der Waals surface area contributed by atoms with Crippen LogP contribution >= 0.6 is 0 Å². The molecule has 40 heavy (non-hydrogen) atoms. The van der Waals surface area contributed by atoms with E-state index >= 15 is 4.39 Å². The fourth-order valence-corrected chi connectivity index (χ4v) is 7.12. The average Bonchev–Trinajstić information content (AvgIpc) is 3.08. The molecular weight excluding hydrogens is 495 g/mol. The Morgan fingerprint density at radius 3 is 2.58 bits per heavy atom. The molecular formula is C37H47FO2. The molecule has 3 heteroatoms. The second-order valence-corrected chi connectivity index (χ2v) is 12.7. The smallest absolute Gasteiger partial charge is 0.118 e. The van der Waals surface area contributed by atoms with E-state index < -0.39 is 5.67 Å². The van der Waals surface area contributed by atoms with Crippen molar-refractivity contribution in [3.8, 4) is 5.75 Å². The molecule has 4 aliphatic rings. The summed E-state index contributed by atoms with van der Waals surface area (Å²) in [5, 5.41) is 10.5. The second kappa shape index (κ2) is 12.0. The molecule has 0 saturated heterocycles. The first-order valence-corrected chi connectivity index (χ1v) is 15.5. The molecule has 2 atom stereocenters. The number of phenols is 1. The molecule has 3 aliphatic carbocycles. The lowest BCUT2D eigenvalue weighted by Crippen LogP contribution is -2.28. The third-order valence-corrected chi connectivity index (χ3v) is 9.62. The van der Waals surface area contributed by atoms with E-state index in [-0.39, 0.29) is 5.92 Å². The van der Waals surface area contributed by atoms with Crippen LogP contribution in [0.1, 0.15) is 104 Å². The maximum Gasteiger partial charge on any atom is 0.118 e. The highest BCUT2D eigenvalue weighted by molar-refractivity contribution is 5.85. The molecule has 1 aliphatic heterocycles. The summed E-state index contributed by atoms with van der Waals surface area (Å²) in [5.74, 6) is 1.90. The molecule has 0 bridgehead atoms. The summed E-state index contributed by atoms with van der Waals surface area (Å²) in [6, 6.07) is 6.02. The lowest BCUT2D eigenvalue weighted by atomic mass is 9.78. The number of aromatic hydroxyl groups is 1. The highest BCUT2D eigenvalue weighted by Crippen LogP contribution is 2.45. The Morgan fingerprint density at radius 1 is 1.05 bits per heavy atom. The molecule has 1 aromatic rings. The molecule has 0 amide bonds. The minimum atomic E-state index is -1.06. The van der Waals surface area contributed by atoms with Crippen LogP contribution in [0.3, 0.4) is 0 Å². The molecule has 0 spiro atoms. The number of rotatable bonds is 5. The lowest BCUT2D eigenvalue weighted by Gasteiger charge is -2.32. The van der Waals surface area contributed by atoms with Crippen LogP contribution in [0.5, 0.6) is 5.75 Å². The topological polar surface area (TPSA) is 29.5 Å². The van der Waals surface area contributed by atoms with Crippen LogP contribution in [-0.4, -0.2) is 17.4 Å². The maximum atomic E-state index is 16.0. The number of phenolic OH excluding ortho intramolecular Hbond substituents is 1. The van der Waals surface area contributed by atoms with Gasteiger partial charge in [0, 0.05) is 5.57 Å². The van der Waals surface area contributed by atoms with E-state index in [4.69, 9.17) is 4.74 Å². The molecule has 1 saturated carbocycles. The van der Waals surface area contributed by atoms with Gasteiger partial charge in [-0.1, -0.05) is 63.5 Å². The quantitative estimate of drug-likeness (QED) is 0.401. The monoisotopic (exact) mass is 542 g/mol. The van der Waals surface area contributed by atoms with Gasteiger partial charge in [0.15, 0.2) is 0 Å². The number of aryl methyl sites for hydroxylation is 1. The number of benzene rings is 1. The second-order valence-electron chi connectivity index (χ2n) is 12.7. The number of hydrogen-bond acceptors (Lipinski definition) is 2. The summed E-state index contributed by atoms with van der Waals surface area (Å²) in [7, 11) is 0. The Hall–Kier alpha value is -2.81. The van der Waals surface area contributed by atoms with Gasteiger partial charge in [-0.3, -0.25) is 0 Å². The van der Waals surface area contributed by atoms with E-state index in [0.29, 0.717) is 37.5 Å². The summed E-state index contributed by atoms with van der Waals surface area (Å²) < 4.78 is 22.1. The number of halogens is 1. The molecule has 0 radical (unpaired) electrons. The van der Waals surface area contributed by atoms with Crippen molar-refractivity contribution in [1.29, 1.82) is 0 Å². The zero-order valence-electron chi connectivity index (χ0n) is 25.2. The Bertz CT molecular complexity index is 1330. The van der Waals surface area contributed by atoms with Crippen LogP contribution < -0.4 is 0 Å². The van der Waals surface area contributed by atoms with Crippen molar-refractivity contribution in [2.45, 2.75) is 104 Å². The Balaban J connectivity index is 1.62. The third-order valence-electron chi connectivity index (χ3n) is 9.62. The maximum absolute atomic E-state index is 16.0. The van der Waals surface area contributed by atoms with Gasteiger partial charge < -0.3 is 9.84 Å². The van der Waals surface area contributed by atoms with Crippen molar-refractivity contribution in [3.05, 3.63) is 92.8 Å². The highest BCUT2D eigenvalue weighted by atomic mass is 19.1. The van der Waals surface area contributed by atoms with E-state index in [0.717, 1.165) is 61.8 Å². The molecule has 214 valence electrons. The Kier molecular flexibility index (Phi) is 8.59. The van der Waals surface area contributed by atoms with Gasteiger partial charge in [-0.2, -0.15) is 0 Å². The van der Waals surface area contributed by atoms with Crippen LogP contribution in [0.4, 0.5) is 4.39 Å². The van der Waals surface area contributed by atoms with Crippen LogP contribution in [0, 0.1) is 11.8 Å². The largest absolute Gasteiger partial charge is 0.508 e. The number of alkyl halides is 1. The number of allylic oxidation sites excluding steroid dienone is 11. The SMILES string of the molecule is CCc1cc(C2=CC(CC3(F)CCCCC3)CCC3=CC(C4=C(C)OCC(C)=C4C)=CC(C)CC=C32)ccc1O.